The van der Waals surface area contributed by atoms with Gasteiger partial charge in [-0.2, -0.15) is 0 Å². The van der Waals surface area contributed by atoms with Gasteiger partial charge in [-0.3, -0.25) is 19.7 Å². The number of nitro groups is 1. The predicted octanol–water partition coefficient (Wildman–Crippen LogP) is 1.26. The second kappa shape index (κ2) is 5.87. The van der Waals surface area contributed by atoms with Crippen LogP contribution in [0.3, 0.4) is 0 Å². The lowest BCUT2D eigenvalue weighted by Gasteiger charge is -2.11. The fourth-order valence-electron chi connectivity index (χ4n) is 1.94. The third kappa shape index (κ3) is 3.24. The molecule has 1 fully saturated rings. The molecule has 2 amide bonds. The number of nitrogens with one attached hydrogen (secondary N) is 2. The molecule has 2 rings (SSSR count). The van der Waals surface area contributed by atoms with Gasteiger partial charge < -0.3 is 10.6 Å². The summed E-state index contributed by atoms with van der Waals surface area (Å²) in [6.45, 7) is 0.319. The Labute approximate surface area is 119 Å². The SMILES string of the molecule is O=C1CCC(CNC(=O)c2ccc([N+](=O)[O-])c(Cl)c2)N1. The number of hydrogen-bond acceptors (Lipinski definition) is 4. The van der Waals surface area contributed by atoms with Crippen LogP contribution in [0, 0.1) is 10.1 Å². The van der Waals surface area contributed by atoms with E-state index in [-0.39, 0.29) is 34.1 Å². The highest BCUT2D eigenvalue weighted by molar-refractivity contribution is 6.33. The zero-order chi connectivity index (χ0) is 14.7. The zero-order valence-electron chi connectivity index (χ0n) is 10.4. The van der Waals surface area contributed by atoms with Crippen LogP contribution in [-0.2, 0) is 4.79 Å². The Bertz CT molecular complexity index is 576. The molecule has 0 radical (unpaired) electrons. The number of carbonyl (C=O) groups excluding carboxylic acids is 2. The van der Waals surface area contributed by atoms with E-state index in [1.807, 2.05) is 0 Å². The molecule has 1 aliphatic heterocycles. The summed E-state index contributed by atoms with van der Waals surface area (Å²) in [7, 11) is 0. The lowest BCUT2D eigenvalue weighted by molar-refractivity contribution is -0.384. The maximum absolute atomic E-state index is 11.9. The number of rotatable bonds is 4. The van der Waals surface area contributed by atoms with Crippen molar-refractivity contribution < 1.29 is 14.5 Å². The molecule has 8 heteroatoms. The molecule has 1 unspecified atom stereocenters. The topological polar surface area (TPSA) is 101 Å². The zero-order valence-corrected chi connectivity index (χ0v) is 11.1. The van der Waals surface area contributed by atoms with E-state index >= 15 is 0 Å². The number of halogens is 1. The van der Waals surface area contributed by atoms with E-state index in [2.05, 4.69) is 10.6 Å². The fourth-order valence-corrected chi connectivity index (χ4v) is 2.19. The van der Waals surface area contributed by atoms with Crippen molar-refractivity contribution in [1.82, 2.24) is 10.6 Å². The third-order valence-corrected chi connectivity index (χ3v) is 3.30. The lowest BCUT2D eigenvalue weighted by atomic mass is 10.2. The van der Waals surface area contributed by atoms with Gasteiger partial charge in [-0.15, -0.1) is 0 Å². The van der Waals surface area contributed by atoms with E-state index in [4.69, 9.17) is 11.6 Å². The smallest absolute Gasteiger partial charge is 0.287 e. The fraction of sp³-hybridized carbons (Fsp3) is 0.333. The molecular weight excluding hydrogens is 286 g/mol. The lowest BCUT2D eigenvalue weighted by Crippen LogP contribution is -2.38. The Hall–Kier alpha value is -2.15. The normalized spacial score (nSPS) is 17.6. The Morgan fingerprint density at radius 2 is 2.30 bits per heavy atom. The van der Waals surface area contributed by atoms with Crippen molar-refractivity contribution in [3.8, 4) is 0 Å². The molecule has 0 aromatic heterocycles. The van der Waals surface area contributed by atoms with Crippen LogP contribution >= 0.6 is 11.6 Å². The standard InChI is InChI=1S/C12H12ClN3O4/c13-9-5-7(1-3-10(9)16(19)20)12(18)14-6-8-2-4-11(17)15-8/h1,3,5,8H,2,4,6H2,(H,14,18)(H,15,17). The Morgan fingerprint density at radius 3 is 2.85 bits per heavy atom. The quantitative estimate of drug-likeness (QED) is 0.645. The number of nitro benzene ring substituents is 1. The molecule has 1 atom stereocenters. The van der Waals surface area contributed by atoms with E-state index in [1.54, 1.807) is 0 Å². The number of benzene rings is 1. The first-order chi connectivity index (χ1) is 9.47. The molecule has 1 aromatic rings. The summed E-state index contributed by atoms with van der Waals surface area (Å²) >= 11 is 5.74. The first-order valence-electron chi connectivity index (χ1n) is 5.99. The summed E-state index contributed by atoms with van der Waals surface area (Å²) < 4.78 is 0. The molecule has 0 spiro atoms. The molecule has 1 aromatic carbocycles. The minimum atomic E-state index is -0.613. The second-order valence-electron chi connectivity index (χ2n) is 4.44. The second-order valence-corrected chi connectivity index (χ2v) is 4.84. The summed E-state index contributed by atoms with van der Waals surface area (Å²) in [5, 5.41) is 15.9. The van der Waals surface area contributed by atoms with Crippen LogP contribution in [0.25, 0.3) is 0 Å². The number of amides is 2. The van der Waals surface area contributed by atoms with E-state index < -0.39 is 4.92 Å². The molecule has 0 saturated carbocycles. The first kappa shape index (κ1) is 14.3. The molecule has 7 nitrogen and oxygen atoms in total. The van der Waals surface area contributed by atoms with Gasteiger partial charge in [-0.1, -0.05) is 11.6 Å². The van der Waals surface area contributed by atoms with Crippen molar-refractivity contribution in [1.29, 1.82) is 0 Å². The summed E-state index contributed by atoms with van der Waals surface area (Å²) in [5.41, 5.74) is -0.00352. The molecular formula is C12H12ClN3O4. The van der Waals surface area contributed by atoms with Crippen LogP contribution < -0.4 is 10.6 Å². The monoisotopic (exact) mass is 297 g/mol. The Balaban J connectivity index is 1.97. The van der Waals surface area contributed by atoms with Crippen LogP contribution in [0.2, 0.25) is 5.02 Å². The number of nitrogens with zero attached hydrogens (tertiary/aromatic N) is 1. The highest BCUT2D eigenvalue weighted by Gasteiger charge is 2.21. The van der Waals surface area contributed by atoms with Gasteiger partial charge in [0.05, 0.1) is 4.92 Å². The van der Waals surface area contributed by atoms with E-state index in [1.165, 1.54) is 18.2 Å². The minimum absolute atomic E-state index is 0.0253. The van der Waals surface area contributed by atoms with Gasteiger partial charge in [0.25, 0.3) is 11.6 Å². The summed E-state index contributed by atoms with van der Waals surface area (Å²) in [6.07, 6.45) is 1.14. The highest BCUT2D eigenvalue weighted by Crippen LogP contribution is 2.24. The minimum Gasteiger partial charge on any atom is -0.352 e. The average Bonchev–Trinajstić information content (AvgIpc) is 2.81. The van der Waals surface area contributed by atoms with Crippen molar-refractivity contribution in [2.45, 2.75) is 18.9 Å². The summed E-state index contributed by atoms with van der Waals surface area (Å²) in [4.78, 5) is 32.9. The summed E-state index contributed by atoms with van der Waals surface area (Å²) in [5.74, 6) is -0.412. The average molecular weight is 298 g/mol. The van der Waals surface area contributed by atoms with Gasteiger partial charge in [-0.25, -0.2) is 0 Å². The van der Waals surface area contributed by atoms with E-state index in [0.717, 1.165) is 0 Å². The van der Waals surface area contributed by atoms with Crippen molar-refractivity contribution >= 4 is 29.1 Å². The van der Waals surface area contributed by atoms with Crippen LogP contribution in [0.1, 0.15) is 23.2 Å². The van der Waals surface area contributed by atoms with Crippen molar-refractivity contribution in [2.24, 2.45) is 0 Å². The predicted molar refractivity (Wildman–Crippen MR) is 71.6 cm³/mol. The highest BCUT2D eigenvalue weighted by atomic mass is 35.5. The molecule has 1 heterocycles. The summed E-state index contributed by atoms with van der Waals surface area (Å²) in [6, 6.07) is 3.71. The van der Waals surface area contributed by atoms with Crippen LogP contribution in [0.15, 0.2) is 18.2 Å². The molecule has 2 N–H and O–H groups in total. The van der Waals surface area contributed by atoms with Crippen LogP contribution in [-0.4, -0.2) is 29.3 Å². The van der Waals surface area contributed by atoms with Gasteiger partial charge >= 0.3 is 0 Å². The molecule has 20 heavy (non-hydrogen) atoms. The first-order valence-corrected chi connectivity index (χ1v) is 6.36. The third-order valence-electron chi connectivity index (χ3n) is 3.00. The van der Waals surface area contributed by atoms with Crippen molar-refractivity contribution in [3.63, 3.8) is 0 Å². The number of hydrogen-bond donors (Lipinski definition) is 2. The molecule has 1 saturated heterocycles. The van der Waals surface area contributed by atoms with Gasteiger partial charge in [0.2, 0.25) is 5.91 Å². The maximum Gasteiger partial charge on any atom is 0.287 e. The van der Waals surface area contributed by atoms with Crippen LogP contribution in [0.4, 0.5) is 5.69 Å². The van der Waals surface area contributed by atoms with E-state index in [0.29, 0.717) is 19.4 Å². The molecule has 106 valence electrons. The van der Waals surface area contributed by atoms with Gasteiger partial charge in [-0.05, 0) is 18.6 Å². The van der Waals surface area contributed by atoms with Crippen molar-refractivity contribution in [2.75, 3.05) is 6.54 Å². The molecule has 0 aliphatic carbocycles. The largest absolute Gasteiger partial charge is 0.352 e. The van der Waals surface area contributed by atoms with Crippen LogP contribution in [0.5, 0.6) is 0 Å². The number of carbonyl (C=O) groups is 2. The Kier molecular flexibility index (Phi) is 4.19. The van der Waals surface area contributed by atoms with Gasteiger partial charge in [0.1, 0.15) is 5.02 Å². The molecule has 0 bridgehead atoms. The van der Waals surface area contributed by atoms with Crippen molar-refractivity contribution in [3.05, 3.63) is 38.9 Å². The van der Waals surface area contributed by atoms with Gasteiger partial charge in [0.15, 0.2) is 0 Å². The Morgan fingerprint density at radius 1 is 1.55 bits per heavy atom. The van der Waals surface area contributed by atoms with Gasteiger partial charge in [0, 0.05) is 30.6 Å². The molecule has 1 aliphatic rings. The maximum atomic E-state index is 11.9. The van der Waals surface area contributed by atoms with E-state index in [9.17, 15) is 19.7 Å².